The van der Waals surface area contributed by atoms with E-state index >= 15 is 0 Å². The molecule has 28 heavy (non-hydrogen) atoms. The van der Waals surface area contributed by atoms with E-state index in [4.69, 9.17) is 0 Å². The van der Waals surface area contributed by atoms with Gasteiger partial charge >= 0.3 is 0 Å². The Balaban J connectivity index is 0.00000280. The van der Waals surface area contributed by atoms with Crippen LogP contribution >= 0.6 is 24.0 Å². The highest BCUT2D eigenvalue weighted by atomic mass is 127. The number of hydrogen-bond acceptors (Lipinski definition) is 4. The van der Waals surface area contributed by atoms with Crippen molar-refractivity contribution in [3.63, 3.8) is 0 Å². The maximum atomic E-state index is 13.9. The Morgan fingerprint density at radius 3 is 3.00 bits per heavy atom. The van der Waals surface area contributed by atoms with E-state index < -0.39 is 0 Å². The monoisotopic (exact) mass is 501 g/mol. The smallest absolute Gasteiger partial charge is 0.191 e. The van der Waals surface area contributed by atoms with Crippen molar-refractivity contribution in [3.8, 4) is 0 Å². The Hall–Kier alpha value is -1.91. The molecule has 7 nitrogen and oxygen atoms in total. The molecule has 0 radical (unpaired) electrons. The molecule has 2 aromatic rings. The van der Waals surface area contributed by atoms with Gasteiger partial charge in [0.25, 0.3) is 0 Å². The number of aromatic nitrogens is 3. The highest BCUT2D eigenvalue weighted by Crippen LogP contribution is 2.20. The summed E-state index contributed by atoms with van der Waals surface area (Å²) in [5, 5.41) is 11.0. The van der Waals surface area contributed by atoms with Gasteiger partial charge in [0.2, 0.25) is 0 Å². The van der Waals surface area contributed by atoms with Gasteiger partial charge in [0, 0.05) is 51.2 Å². The van der Waals surface area contributed by atoms with E-state index in [-0.39, 0.29) is 35.8 Å². The molecule has 3 heterocycles. The normalized spacial score (nSPS) is 16.8. The number of rotatable bonds is 7. The fourth-order valence-electron chi connectivity index (χ4n) is 3.21. The average molecular weight is 501 g/mol. The molecule has 2 N–H and O–H groups in total. The van der Waals surface area contributed by atoms with Gasteiger partial charge in [0.05, 0.1) is 6.20 Å². The zero-order valence-corrected chi connectivity index (χ0v) is 18.8. The molecule has 0 bridgehead atoms. The number of guanidine groups is 1. The molecule has 1 saturated heterocycles. The van der Waals surface area contributed by atoms with Crippen molar-refractivity contribution in [2.75, 3.05) is 31.1 Å². The number of aliphatic imine (C=N–C) groups is 1. The molecule has 0 aliphatic carbocycles. The number of anilines is 1. The van der Waals surface area contributed by atoms with Crippen LogP contribution in [0, 0.1) is 12.7 Å². The van der Waals surface area contributed by atoms with Gasteiger partial charge < -0.3 is 15.5 Å². The summed E-state index contributed by atoms with van der Waals surface area (Å²) in [6, 6.07) is 3.29. The van der Waals surface area contributed by atoms with Crippen molar-refractivity contribution in [2.45, 2.75) is 39.3 Å². The van der Waals surface area contributed by atoms with Crippen molar-refractivity contribution in [1.82, 2.24) is 25.4 Å². The molecular weight excluding hydrogens is 472 g/mol. The third-order valence-electron chi connectivity index (χ3n) is 4.49. The maximum Gasteiger partial charge on any atom is 0.191 e. The molecular formula is C19H29FIN7. The van der Waals surface area contributed by atoms with Crippen LogP contribution in [0.2, 0.25) is 0 Å². The van der Waals surface area contributed by atoms with E-state index in [0.717, 1.165) is 45.0 Å². The maximum absolute atomic E-state index is 13.9. The van der Waals surface area contributed by atoms with Crippen LogP contribution in [-0.2, 0) is 6.54 Å². The summed E-state index contributed by atoms with van der Waals surface area (Å²) >= 11 is 0. The summed E-state index contributed by atoms with van der Waals surface area (Å²) in [6.45, 7) is 7.96. The zero-order chi connectivity index (χ0) is 19.1. The van der Waals surface area contributed by atoms with Gasteiger partial charge in [-0.2, -0.15) is 5.10 Å². The third-order valence-corrected chi connectivity index (χ3v) is 4.49. The summed E-state index contributed by atoms with van der Waals surface area (Å²) in [7, 11) is 0. The molecule has 1 unspecified atom stereocenters. The number of nitrogens with one attached hydrogen (secondary N) is 2. The van der Waals surface area contributed by atoms with Gasteiger partial charge in [-0.25, -0.2) is 9.37 Å². The Morgan fingerprint density at radius 1 is 1.43 bits per heavy atom. The molecule has 0 aromatic carbocycles. The van der Waals surface area contributed by atoms with Gasteiger partial charge in [0.15, 0.2) is 17.6 Å². The van der Waals surface area contributed by atoms with Crippen LogP contribution in [0.4, 0.5) is 10.2 Å². The zero-order valence-electron chi connectivity index (χ0n) is 16.4. The van der Waals surface area contributed by atoms with Crippen molar-refractivity contribution < 1.29 is 4.39 Å². The van der Waals surface area contributed by atoms with Crippen LogP contribution in [0.25, 0.3) is 0 Å². The van der Waals surface area contributed by atoms with Crippen molar-refractivity contribution in [1.29, 1.82) is 0 Å². The number of nitrogens with zero attached hydrogens (tertiary/aromatic N) is 5. The SMILES string of the molecule is CCNC(=NCCCn1cc(C)cn1)NC1CCN(c2ncccc2F)C1.I. The minimum atomic E-state index is -0.271. The number of halogens is 2. The summed E-state index contributed by atoms with van der Waals surface area (Å²) in [6.07, 6.45) is 7.38. The predicted molar refractivity (Wildman–Crippen MR) is 121 cm³/mol. The second kappa shape index (κ2) is 11.2. The Kier molecular flexibility index (Phi) is 8.94. The lowest BCUT2D eigenvalue weighted by Gasteiger charge is -2.19. The van der Waals surface area contributed by atoms with Crippen molar-refractivity contribution in [2.24, 2.45) is 4.99 Å². The first-order chi connectivity index (χ1) is 13.2. The van der Waals surface area contributed by atoms with Crippen LogP contribution in [0.1, 0.15) is 25.3 Å². The van der Waals surface area contributed by atoms with Crippen LogP contribution in [0.5, 0.6) is 0 Å². The topological polar surface area (TPSA) is 70.4 Å². The second-order valence-corrected chi connectivity index (χ2v) is 6.78. The Morgan fingerprint density at radius 2 is 2.29 bits per heavy atom. The predicted octanol–water partition coefficient (Wildman–Crippen LogP) is 2.57. The van der Waals surface area contributed by atoms with Gasteiger partial charge in [-0.15, -0.1) is 24.0 Å². The lowest BCUT2D eigenvalue weighted by atomic mass is 10.3. The lowest BCUT2D eigenvalue weighted by Crippen LogP contribution is -2.44. The molecule has 0 amide bonds. The van der Waals surface area contributed by atoms with E-state index in [2.05, 4.69) is 25.7 Å². The van der Waals surface area contributed by atoms with Crippen LogP contribution in [-0.4, -0.2) is 52.9 Å². The first-order valence-corrected chi connectivity index (χ1v) is 9.55. The molecule has 1 atom stereocenters. The first-order valence-electron chi connectivity index (χ1n) is 9.55. The van der Waals surface area contributed by atoms with Gasteiger partial charge in [-0.3, -0.25) is 9.67 Å². The van der Waals surface area contributed by atoms with Crippen molar-refractivity contribution in [3.05, 3.63) is 42.1 Å². The van der Waals surface area contributed by atoms with E-state index in [1.54, 1.807) is 12.3 Å². The highest BCUT2D eigenvalue weighted by Gasteiger charge is 2.25. The summed E-state index contributed by atoms with van der Waals surface area (Å²) in [5.41, 5.74) is 1.17. The molecule has 0 saturated carbocycles. The standard InChI is InChI=1S/C19H28FN7.HI/c1-3-21-19(23-9-5-10-27-13-15(2)12-24-27)25-16-7-11-26(14-16)18-17(20)6-4-8-22-18;/h4,6,8,12-13,16H,3,5,7,9-11,14H2,1-2H3,(H2,21,23,25);1H. The van der Waals surface area contributed by atoms with Crippen LogP contribution in [0.15, 0.2) is 35.7 Å². The summed E-state index contributed by atoms with van der Waals surface area (Å²) in [4.78, 5) is 10.8. The largest absolute Gasteiger partial charge is 0.357 e. The molecule has 9 heteroatoms. The van der Waals surface area contributed by atoms with Crippen LogP contribution in [0.3, 0.4) is 0 Å². The third kappa shape index (κ3) is 6.32. The van der Waals surface area contributed by atoms with E-state index in [1.807, 2.05) is 35.8 Å². The molecule has 1 fully saturated rings. The van der Waals surface area contributed by atoms with E-state index in [9.17, 15) is 4.39 Å². The molecule has 3 rings (SSSR count). The van der Waals surface area contributed by atoms with Crippen LogP contribution < -0.4 is 15.5 Å². The quantitative estimate of drug-likeness (QED) is 0.264. The van der Waals surface area contributed by atoms with E-state index in [0.29, 0.717) is 12.4 Å². The fraction of sp³-hybridized carbons (Fsp3) is 0.526. The minimum Gasteiger partial charge on any atom is -0.357 e. The first kappa shape index (κ1) is 22.4. The molecule has 2 aromatic heterocycles. The van der Waals surface area contributed by atoms with Gasteiger partial charge in [0.1, 0.15) is 0 Å². The average Bonchev–Trinajstić information content (AvgIpc) is 3.28. The van der Waals surface area contributed by atoms with Crippen molar-refractivity contribution >= 4 is 35.8 Å². The fourth-order valence-corrected chi connectivity index (χ4v) is 3.21. The van der Waals surface area contributed by atoms with E-state index in [1.165, 1.54) is 11.6 Å². The number of hydrogen-bond donors (Lipinski definition) is 2. The second-order valence-electron chi connectivity index (χ2n) is 6.78. The number of pyridine rings is 1. The van der Waals surface area contributed by atoms with Gasteiger partial charge in [-0.05, 0) is 44.4 Å². The Labute approximate surface area is 182 Å². The summed E-state index contributed by atoms with van der Waals surface area (Å²) < 4.78 is 15.9. The van der Waals surface area contributed by atoms with Gasteiger partial charge in [-0.1, -0.05) is 0 Å². The molecule has 1 aliphatic heterocycles. The molecule has 1 aliphatic rings. The molecule has 0 spiro atoms. The number of aryl methyl sites for hydroxylation is 2. The highest BCUT2D eigenvalue weighted by molar-refractivity contribution is 14.0. The summed E-state index contributed by atoms with van der Waals surface area (Å²) in [5.74, 6) is 0.966. The molecule has 154 valence electrons. The minimum absolute atomic E-state index is 0. The Bertz CT molecular complexity index is 764. The lowest BCUT2D eigenvalue weighted by molar-refractivity contribution is 0.581.